The number of rotatable bonds is 7. The van der Waals surface area contributed by atoms with Gasteiger partial charge < -0.3 is 25.3 Å². The Labute approximate surface area is 226 Å². The van der Waals surface area contributed by atoms with Crippen LogP contribution < -0.4 is 10.6 Å². The van der Waals surface area contributed by atoms with Gasteiger partial charge in [0.2, 0.25) is 0 Å². The van der Waals surface area contributed by atoms with Crippen LogP contribution in [0.3, 0.4) is 0 Å². The molecule has 0 spiro atoms. The number of aromatic amines is 1. The molecule has 7 nitrogen and oxygen atoms in total. The van der Waals surface area contributed by atoms with Crippen molar-refractivity contribution in [2.45, 2.75) is 18.9 Å². The summed E-state index contributed by atoms with van der Waals surface area (Å²) >= 11 is 6.68. The van der Waals surface area contributed by atoms with Crippen LogP contribution in [0, 0.1) is 0 Å². The van der Waals surface area contributed by atoms with E-state index in [-0.39, 0.29) is 5.91 Å². The lowest BCUT2D eigenvalue weighted by atomic mass is 9.99. The predicted octanol–water partition coefficient (Wildman–Crippen LogP) is 5.90. The standard InChI is InChI=1S/C30H30ClN5O2/c1-38-16-15-36-13-11-20(12-14-36)32-21-9-10-25-22(18-21)23(30(37)35-25)17-19-5-4-6-24(31)28(19)29-33-26-7-2-3-8-27(26)34-29/h2-10,17-18,20,32H,11-16H2,1H3,(H,33,34)(H,35,37)/b23-17-. The Balaban J connectivity index is 1.28. The van der Waals surface area contributed by atoms with Gasteiger partial charge >= 0.3 is 0 Å². The van der Waals surface area contributed by atoms with Gasteiger partial charge in [0.05, 0.1) is 22.7 Å². The first-order chi connectivity index (χ1) is 18.6. The Kier molecular flexibility index (Phi) is 6.89. The van der Waals surface area contributed by atoms with Gasteiger partial charge in [0.25, 0.3) is 5.91 Å². The number of hydrogen-bond donors (Lipinski definition) is 3. The lowest BCUT2D eigenvalue weighted by Crippen LogP contribution is -2.40. The van der Waals surface area contributed by atoms with Crippen molar-refractivity contribution in [1.82, 2.24) is 14.9 Å². The molecule has 0 radical (unpaired) electrons. The number of hydrogen-bond acceptors (Lipinski definition) is 5. The molecule has 3 aromatic carbocycles. The molecule has 194 valence electrons. The Morgan fingerprint density at radius 3 is 2.79 bits per heavy atom. The van der Waals surface area contributed by atoms with Crippen molar-refractivity contribution in [3.8, 4) is 11.4 Å². The van der Waals surface area contributed by atoms with Crippen molar-refractivity contribution in [1.29, 1.82) is 0 Å². The maximum absolute atomic E-state index is 13.1. The second-order valence-corrected chi connectivity index (χ2v) is 10.2. The van der Waals surface area contributed by atoms with E-state index in [0.29, 0.717) is 22.5 Å². The van der Waals surface area contributed by atoms with Crippen molar-refractivity contribution in [2.75, 3.05) is 44.0 Å². The van der Waals surface area contributed by atoms with Gasteiger partial charge in [-0.05, 0) is 60.9 Å². The monoisotopic (exact) mass is 527 g/mol. The molecule has 4 aromatic rings. The molecule has 6 rings (SSSR count). The number of halogens is 1. The fourth-order valence-electron chi connectivity index (χ4n) is 5.32. The van der Waals surface area contributed by atoms with E-state index in [1.165, 1.54) is 0 Å². The van der Waals surface area contributed by atoms with Gasteiger partial charge in [-0.1, -0.05) is 35.9 Å². The smallest absolute Gasteiger partial charge is 0.256 e. The van der Waals surface area contributed by atoms with Crippen LogP contribution in [-0.4, -0.2) is 60.2 Å². The van der Waals surface area contributed by atoms with E-state index in [2.05, 4.69) is 26.6 Å². The number of aromatic nitrogens is 2. The molecule has 3 heterocycles. The Morgan fingerprint density at radius 2 is 1.97 bits per heavy atom. The van der Waals surface area contributed by atoms with Crippen LogP contribution in [0.5, 0.6) is 0 Å². The minimum absolute atomic E-state index is 0.126. The number of fused-ring (bicyclic) bond motifs is 2. The summed E-state index contributed by atoms with van der Waals surface area (Å²) in [6, 6.07) is 20.1. The first-order valence-electron chi connectivity index (χ1n) is 13.0. The van der Waals surface area contributed by atoms with Crippen molar-refractivity contribution < 1.29 is 9.53 Å². The fourth-order valence-corrected chi connectivity index (χ4v) is 5.59. The molecule has 1 saturated heterocycles. The number of ether oxygens (including phenoxy) is 1. The van der Waals surface area contributed by atoms with E-state index < -0.39 is 0 Å². The molecule has 0 saturated carbocycles. The summed E-state index contributed by atoms with van der Waals surface area (Å²) in [5.74, 6) is 0.550. The number of nitrogens with zero attached hydrogens (tertiary/aromatic N) is 2. The average molecular weight is 528 g/mol. The zero-order valence-electron chi connectivity index (χ0n) is 21.3. The SMILES string of the molecule is COCCN1CCC(Nc2ccc3c(c2)/C(=C/c2cccc(Cl)c2-c2nc4ccccc4[nH]2)C(=O)N3)CC1. The van der Waals surface area contributed by atoms with E-state index in [4.69, 9.17) is 21.3 Å². The summed E-state index contributed by atoms with van der Waals surface area (Å²) in [6.45, 7) is 3.85. The van der Waals surface area contributed by atoms with Crippen LogP contribution >= 0.6 is 11.6 Å². The molecule has 3 N–H and O–H groups in total. The Bertz CT molecular complexity index is 1490. The van der Waals surface area contributed by atoms with Gasteiger partial charge in [-0.25, -0.2) is 4.98 Å². The molecule has 1 aromatic heterocycles. The van der Waals surface area contributed by atoms with Gasteiger partial charge in [-0.3, -0.25) is 4.79 Å². The molecule has 38 heavy (non-hydrogen) atoms. The van der Waals surface area contributed by atoms with Crippen LogP contribution in [0.4, 0.5) is 11.4 Å². The van der Waals surface area contributed by atoms with Gasteiger partial charge in [0.1, 0.15) is 5.82 Å². The molecular formula is C30H30ClN5O2. The van der Waals surface area contributed by atoms with Gasteiger partial charge in [-0.2, -0.15) is 0 Å². The number of nitrogens with one attached hydrogen (secondary N) is 3. The third-order valence-corrected chi connectivity index (χ3v) is 7.66. The molecule has 0 aliphatic carbocycles. The number of piperidine rings is 1. The molecule has 2 aliphatic heterocycles. The van der Waals surface area contributed by atoms with E-state index in [1.807, 2.05) is 60.7 Å². The number of carbonyl (C=O) groups excluding carboxylic acids is 1. The Morgan fingerprint density at radius 1 is 1.13 bits per heavy atom. The molecule has 0 bridgehead atoms. The maximum Gasteiger partial charge on any atom is 0.256 e. The normalized spacial score (nSPS) is 17.2. The number of methoxy groups -OCH3 is 1. The maximum atomic E-state index is 13.1. The number of H-pyrrole nitrogens is 1. The highest BCUT2D eigenvalue weighted by molar-refractivity contribution is 6.36. The third kappa shape index (κ3) is 4.92. The van der Waals surface area contributed by atoms with E-state index >= 15 is 0 Å². The highest BCUT2D eigenvalue weighted by atomic mass is 35.5. The summed E-state index contributed by atoms with van der Waals surface area (Å²) in [5.41, 5.74) is 6.73. The third-order valence-electron chi connectivity index (χ3n) is 7.34. The number of carbonyl (C=O) groups is 1. The minimum Gasteiger partial charge on any atom is -0.383 e. The van der Waals surface area contributed by atoms with Gasteiger partial charge in [-0.15, -0.1) is 0 Å². The van der Waals surface area contributed by atoms with Crippen molar-refractivity contribution in [3.63, 3.8) is 0 Å². The summed E-state index contributed by atoms with van der Waals surface area (Å²) in [4.78, 5) is 23.6. The highest BCUT2D eigenvalue weighted by Crippen LogP contribution is 2.38. The number of likely N-dealkylation sites (tertiary alicyclic amines) is 1. The first-order valence-corrected chi connectivity index (χ1v) is 13.4. The zero-order chi connectivity index (χ0) is 26.1. The number of amides is 1. The lowest BCUT2D eigenvalue weighted by Gasteiger charge is -2.32. The van der Waals surface area contributed by atoms with Crippen LogP contribution in [0.15, 0.2) is 60.7 Å². The molecule has 0 atom stereocenters. The summed E-state index contributed by atoms with van der Waals surface area (Å²) < 4.78 is 5.22. The second-order valence-electron chi connectivity index (χ2n) is 9.83. The molecule has 1 amide bonds. The van der Waals surface area contributed by atoms with E-state index in [9.17, 15) is 4.79 Å². The Hall–Kier alpha value is -3.65. The summed E-state index contributed by atoms with van der Waals surface area (Å²) in [6.07, 6.45) is 4.06. The van der Waals surface area contributed by atoms with Gasteiger partial charge in [0, 0.05) is 60.9 Å². The number of anilines is 2. The molecule has 2 aliphatic rings. The van der Waals surface area contributed by atoms with E-state index in [0.717, 1.165) is 78.2 Å². The molecule has 1 fully saturated rings. The van der Waals surface area contributed by atoms with Gasteiger partial charge in [0.15, 0.2) is 0 Å². The molecule has 8 heteroatoms. The number of para-hydroxylation sites is 2. The topological polar surface area (TPSA) is 82.3 Å². The van der Waals surface area contributed by atoms with Crippen LogP contribution in [0.1, 0.15) is 24.0 Å². The number of imidazole rings is 1. The van der Waals surface area contributed by atoms with Crippen LogP contribution in [0.25, 0.3) is 34.1 Å². The minimum atomic E-state index is -0.126. The quantitative estimate of drug-likeness (QED) is 0.261. The number of benzene rings is 3. The fraction of sp³-hybridized carbons (Fsp3) is 0.267. The summed E-state index contributed by atoms with van der Waals surface area (Å²) in [5, 5.41) is 7.27. The van der Waals surface area contributed by atoms with Crippen LogP contribution in [-0.2, 0) is 9.53 Å². The molecular weight excluding hydrogens is 498 g/mol. The van der Waals surface area contributed by atoms with Crippen molar-refractivity contribution in [3.05, 3.63) is 76.8 Å². The van der Waals surface area contributed by atoms with E-state index in [1.54, 1.807) is 7.11 Å². The average Bonchev–Trinajstić information content (AvgIpc) is 3.49. The lowest BCUT2D eigenvalue weighted by molar-refractivity contribution is -0.110. The zero-order valence-corrected chi connectivity index (χ0v) is 22.0. The van der Waals surface area contributed by atoms with Crippen LogP contribution in [0.2, 0.25) is 5.02 Å². The van der Waals surface area contributed by atoms with Crippen molar-refractivity contribution >= 4 is 51.6 Å². The first kappa shape index (κ1) is 24.7. The molecule has 0 unspecified atom stereocenters. The highest BCUT2D eigenvalue weighted by Gasteiger charge is 2.26. The largest absolute Gasteiger partial charge is 0.383 e. The second kappa shape index (κ2) is 10.6. The van der Waals surface area contributed by atoms with Crippen molar-refractivity contribution in [2.24, 2.45) is 0 Å². The summed E-state index contributed by atoms with van der Waals surface area (Å²) in [7, 11) is 1.75. The predicted molar refractivity (Wildman–Crippen MR) is 154 cm³/mol.